The Morgan fingerprint density at radius 2 is 2.19 bits per heavy atom. The van der Waals surface area contributed by atoms with E-state index in [2.05, 4.69) is 20.3 Å². The van der Waals surface area contributed by atoms with E-state index in [4.69, 9.17) is 16.7 Å². The molecule has 11 heteroatoms. The quantitative estimate of drug-likeness (QED) is 0.551. The smallest absolute Gasteiger partial charge is 0.277 e. The number of amides is 1. The van der Waals surface area contributed by atoms with E-state index < -0.39 is 11.7 Å². The Kier molecular flexibility index (Phi) is 6.07. The first-order valence-corrected chi connectivity index (χ1v) is 11.0. The van der Waals surface area contributed by atoms with Gasteiger partial charge in [0, 0.05) is 31.7 Å². The van der Waals surface area contributed by atoms with Crippen LogP contribution in [0.4, 0.5) is 20.9 Å². The maximum Gasteiger partial charge on any atom is 0.277 e. The summed E-state index contributed by atoms with van der Waals surface area (Å²) in [5.74, 6) is -0.268. The van der Waals surface area contributed by atoms with Crippen LogP contribution in [-0.2, 0) is 7.05 Å². The molecule has 1 fully saturated rings. The van der Waals surface area contributed by atoms with Crippen LogP contribution < -0.4 is 21.7 Å². The zero-order chi connectivity index (χ0) is 22.8. The van der Waals surface area contributed by atoms with Crippen LogP contribution in [0.5, 0.6) is 0 Å². The molecule has 4 rings (SSSR count). The molecule has 9 nitrogen and oxygen atoms in total. The Morgan fingerprint density at radius 3 is 2.97 bits per heavy atom. The number of aryl methyl sites for hydroxylation is 1. The van der Waals surface area contributed by atoms with Gasteiger partial charge >= 0.3 is 0 Å². The van der Waals surface area contributed by atoms with E-state index in [1.807, 2.05) is 13.1 Å². The van der Waals surface area contributed by atoms with Crippen LogP contribution in [0.3, 0.4) is 0 Å². The second-order valence-corrected chi connectivity index (χ2v) is 8.71. The highest BCUT2D eigenvalue weighted by Gasteiger charge is 2.24. The van der Waals surface area contributed by atoms with E-state index in [1.165, 1.54) is 18.2 Å². The SMILES string of the molecule is Cn1ncc(NC(=O)c2nc(-c3cc(C#N)ccc3F)sc2N)c1N1CCC[C@@H](N)CC1. The number of anilines is 3. The molecule has 0 bridgehead atoms. The molecule has 3 heterocycles. The summed E-state index contributed by atoms with van der Waals surface area (Å²) < 4.78 is 16.0. The monoisotopic (exact) mass is 454 g/mol. The average molecular weight is 455 g/mol. The summed E-state index contributed by atoms with van der Waals surface area (Å²) in [6, 6.07) is 6.09. The molecule has 1 aromatic carbocycles. The Balaban J connectivity index is 1.59. The van der Waals surface area contributed by atoms with Crippen LogP contribution >= 0.6 is 11.3 Å². The molecular weight excluding hydrogens is 431 g/mol. The lowest BCUT2D eigenvalue weighted by Gasteiger charge is -2.24. The number of nitrogens with two attached hydrogens (primary N) is 2. The number of carbonyl (C=O) groups excluding carboxylic acids is 1. The minimum atomic E-state index is -0.543. The fraction of sp³-hybridized carbons (Fsp3) is 0.333. The van der Waals surface area contributed by atoms with Crippen molar-refractivity contribution in [2.24, 2.45) is 12.8 Å². The summed E-state index contributed by atoms with van der Waals surface area (Å²) in [4.78, 5) is 19.4. The predicted molar refractivity (Wildman–Crippen MR) is 122 cm³/mol. The molecule has 166 valence electrons. The molecule has 2 aromatic heterocycles. The highest BCUT2D eigenvalue weighted by atomic mass is 32.1. The number of nitriles is 1. The number of thiazole rings is 1. The number of rotatable bonds is 4. The molecule has 32 heavy (non-hydrogen) atoms. The van der Waals surface area contributed by atoms with E-state index in [9.17, 15) is 9.18 Å². The molecule has 0 saturated carbocycles. The van der Waals surface area contributed by atoms with Crippen molar-refractivity contribution in [1.82, 2.24) is 14.8 Å². The molecule has 0 aliphatic carbocycles. The van der Waals surface area contributed by atoms with Gasteiger partial charge in [0.05, 0.1) is 17.8 Å². The second-order valence-electron chi connectivity index (χ2n) is 7.68. The molecule has 3 aromatic rings. The standard InChI is InChI=1S/C21H23FN8OS/c1-29-21(30-7-2-3-13(24)6-8-30)16(11-26-29)27-19(31)17-18(25)32-20(28-17)14-9-12(10-23)4-5-15(14)22/h4-5,9,11,13H,2-3,6-8,24-25H2,1H3,(H,27,31)/t13-/m1/s1. The third-order valence-corrected chi connectivity index (χ3v) is 6.34. The van der Waals surface area contributed by atoms with Crippen LogP contribution in [0, 0.1) is 17.1 Å². The number of nitrogens with zero attached hydrogens (tertiary/aromatic N) is 5. The molecule has 1 saturated heterocycles. The first kappa shape index (κ1) is 21.7. The summed E-state index contributed by atoms with van der Waals surface area (Å²) in [5, 5.41) is 16.6. The van der Waals surface area contributed by atoms with Gasteiger partial charge in [0.1, 0.15) is 21.5 Å². The van der Waals surface area contributed by atoms with Gasteiger partial charge in [-0.05, 0) is 37.5 Å². The van der Waals surface area contributed by atoms with Gasteiger partial charge in [-0.3, -0.25) is 9.48 Å². The molecular formula is C21H23FN8OS. The summed E-state index contributed by atoms with van der Waals surface area (Å²) in [6.45, 7) is 1.58. The van der Waals surface area contributed by atoms with Crippen LogP contribution in [-0.4, -0.2) is 39.8 Å². The van der Waals surface area contributed by atoms with Crippen LogP contribution in [0.15, 0.2) is 24.4 Å². The first-order valence-electron chi connectivity index (χ1n) is 10.2. The number of halogens is 1. The number of carbonyl (C=O) groups is 1. The van der Waals surface area contributed by atoms with Crippen molar-refractivity contribution in [3.63, 3.8) is 0 Å². The number of hydrogen-bond acceptors (Lipinski definition) is 8. The van der Waals surface area contributed by atoms with Crippen LogP contribution in [0.1, 0.15) is 35.3 Å². The molecule has 5 N–H and O–H groups in total. The van der Waals surface area contributed by atoms with Gasteiger partial charge in [0.15, 0.2) is 11.5 Å². The number of nitrogens with one attached hydrogen (secondary N) is 1. The van der Waals surface area contributed by atoms with Crippen molar-refractivity contribution in [1.29, 1.82) is 5.26 Å². The maximum absolute atomic E-state index is 14.3. The highest BCUT2D eigenvalue weighted by Crippen LogP contribution is 2.33. The lowest BCUT2D eigenvalue weighted by molar-refractivity contribution is 0.102. The Hall–Kier alpha value is -3.49. The van der Waals surface area contributed by atoms with Crippen LogP contribution in [0.25, 0.3) is 10.6 Å². The van der Waals surface area contributed by atoms with Gasteiger partial charge in [-0.15, -0.1) is 0 Å². The lowest BCUT2D eigenvalue weighted by atomic mass is 10.1. The minimum absolute atomic E-state index is 0.000507. The summed E-state index contributed by atoms with van der Waals surface area (Å²) in [6.07, 6.45) is 4.35. The number of benzene rings is 1. The Morgan fingerprint density at radius 1 is 1.38 bits per heavy atom. The zero-order valence-corrected chi connectivity index (χ0v) is 18.3. The van der Waals surface area contributed by atoms with E-state index >= 15 is 0 Å². The topological polar surface area (TPSA) is 139 Å². The number of hydrogen-bond donors (Lipinski definition) is 3. The number of aromatic nitrogens is 3. The maximum atomic E-state index is 14.3. The zero-order valence-electron chi connectivity index (χ0n) is 17.5. The van der Waals surface area contributed by atoms with Crippen LogP contribution in [0.2, 0.25) is 0 Å². The first-order chi connectivity index (χ1) is 15.4. The van der Waals surface area contributed by atoms with Crippen molar-refractivity contribution in [3.05, 3.63) is 41.5 Å². The summed E-state index contributed by atoms with van der Waals surface area (Å²) >= 11 is 0.991. The lowest BCUT2D eigenvalue weighted by Crippen LogP contribution is -2.29. The van der Waals surface area contributed by atoms with Gasteiger partial charge < -0.3 is 21.7 Å². The van der Waals surface area contributed by atoms with Crippen molar-refractivity contribution >= 4 is 33.8 Å². The third kappa shape index (κ3) is 4.28. The van der Waals surface area contributed by atoms with E-state index in [1.54, 1.807) is 10.9 Å². The van der Waals surface area contributed by atoms with Gasteiger partial charge in [0.2, 0.25) is 0 Å². The summed E-state index contributed by atoms with van der Waals surface area (Å²) in [7, 11) is 1.82. The third-order valence-electron chi connectivity index (χ3n) is 5.42. The Labute approximate surface area is 188 Å². The average Bonchev–Trinajstić information content (AvgIpc) is 3.25. The largest absolute Gasteiger partial charge is 0.389 e. The van der Waals surface area contributed by atoms with Crippen molar-refractivity contribution < 1.29 is 9.18 Å². The Bertz CT molecular complexity index is 1200. The minimum Gasteiger partial charge on any atom is -0.389 e. The molecule has 1 aliphatic heterocycles. The molecule has 0 radical (unpaired) electrons. The molecule has 0 spiro atoms. The molecule has 1 aliphatic rings. The molecule has 1 amide bonds. The van der Waals surface area contributed by atoms with E-state index in [0.717, 1.165) is 49.5 Å². The molecule has 0 unspecified atom stereocenters. The highest BCUT2D eigenvalue weighted by molar-refractivity contribution is 7.19. The number of nitrogen functional groups attached to an aromatic ring is 1. The second kappa shape index (κ2) is 8.94. The van der Waals surface area contributed by atoms with Crippen molar-refractivity contribution in [2.75, 3.05) is 29.0 Å². The van der Waals surface area contributed by atoms with E-state index in [-0.39, 0.29) is 27.3 Å². The molecule has 1 atom stereocenters. The fourth-order valence-corrected chi connectivity index (χ4v) is 4.62. The van der Waals surface area contributed by atoms with Gasteiger partial charge in [0.25, 0.3) is 5.91 Å². The fourth-order valence-electron chi connectivity index (χ4n) is 3.78. The van der Waals surface area contributed by atoms with Gasteiger partial charge in [-0.25, -0.2) is 9.37 Å². The summed E-state index contributed by atoms with van der Waals surface area (Å²) in [5.41, 5.74) is 13.1. The van der Waals surface area contributed by atoms with Gasteiger partial charge in [-0.2, -0.15) is 10.4 Å². The van der Waals surface area contributed by atoms with Crippen molar-refractivity contribution in [3.8, 4) is 16.6 Å². The predicted octanol–water partition coefficient (Wildman–Crippen LogP) is 2.71. The normalized spacial score (nSPS) is 16.4. The van der Waals surface area contributed by atoms with E-state index in [0.29, 0.717) is 11.3 Å². The van der Waals surface area contributed by atoms with Crippen molar-refractivity contribution in [2.45, 2.75) is 25.3 Å². The van der Waals surface area contributed by atoms with Gasteiger partial charge in [-0.1, -0.05) is 11.3 Å².